The SMILES string of the molecule is CCCCCCCCC1(CCCCCCCC)c2cc(N(c3ccc4c(c3)C(C)(C)c3c5c(c6oc7ccccc7c6c3-4)-c3ccccc3C5(C)C)c3ccc4c(c3)oc3ccccc34)ccc2-c2cc3c(cc21)-c1c(ccc2oc4ccccc4c12)C3(CCCCCCCC)CCCCCCCC. The van der Waals surface area contributed by atoms with Gasteiger partial charge in [-0.15, -0.1) is 0 Å². The zero-order valence-electron chi connectivity index (χ0n) is 63.7. The highest BCUT2D eigenvalue weighted by molar-refractivity contribution is 6.21. The molecular formula is C100H109NO3. The van der Waals surface area contributed by atoms with Crippen LogP contribution < -0.4 is 4.90 Å². The number of unbranched alkanes of at least 4 members (excludes halogenated alkanes) is 20. The second kappa shape index (κ2) is 28.0. The highest BCUT2D eigenvalue weighted by atomic mass is 16.3. The van der Waals surface area contributed by atoms with Crippen LogP contribution in [0.4, 0.5) is 17.1 Å². The summed E-state index contributed by atoms with van der Waals surface area (Å²) in [7, 11) is 0. The first-order chi connectivity index (χ1) is 50.9. The van der Waals surface area contributed by atoms with Gasteiger partial charge in [0.25, 0.3) is 0 Å². The molecule has 0 fully saturated rings. The number of benzene rings is 10. The predicted molar refractivity (Wildman–Crippen MR) is 442 cm³/mol. The summed E-state index contributed by atoms with van der Waals surface area (Å²) in [6, 6.07) is 68.5. The lowest BCUT2D eigenvalue weighted by Gasteiger charge is -2.35. The van der Waals surface area contributed by atoms with Gasteiger partial charge in [0.05, 0.1) is 0 Å². The lowest BCUT2D eigenvalue weighted by Crippen LogP contribution is -2.27. The molecule has 532 valence electrons. The van der Waals surface area contributed by atoms with E-state index in [9.17, 15) is 0 Å². The van der Waals surface area contributed by atoms with E-state index in [2.05, 4.69) is 236 Å². The topological polar surface area (TPSA) is 42.7 Å². The molecule has 3 aromatic heterocycles. The standard InChI is InChI=1S/C100H109NO3/c1-9-13-17-21-25-37-57-99(58-38-26-22-18-14-10-2)79-55-56-87-90(74-43-31-35-47-85(74)102-87)89(79)77-65-82-76(64-83(77)99)69-52-49-67(62-81(69)100(82,59-39-27-23-19-15-11-3)60-40-28-24-20-16-12-4)101(68-50-53-71-70-41-30-34-46-84(70)103-88(71)63-68)66-51-54-73-80(61-66)98(7,8)94-91(73)92-75-44-32-36-48-86(75)104-96(92)93-72-42-29-33-45-78(72)97(5,6)95(93)94/h29-36,41-56,61-65H,9-28,37-40,57-60H2,1-8H3. The number of para-hydroxylation sites is 3. The summed E-state index contributed by atoms with van der Waals surface area (Å²) in [5.74, 6) is 0. The van der Waals surface area contributed by atoms with Gasteiger partial charge in [-0.05, 0) is 182 Å². The Balaban J connectivity index is 0.886. The predicted octanol–water partition coefficient (Wildman–Crippen LogP) is 31.0. The van der Waals surface area contributed by atoms with Crippen LogP contribution in [0.15, 0.2) is 189 Å². The van der Waals surface area contributed by atoms with Crippen LogP contribution in [-0.2, 0) is 21.7 Å². The third-order valence-electron chi connectivity index (χ3n) is 26.2. The number of furan rings is 3. The van der Waals surface area contributed by atoms with Crippen molar-refractivity contribution in [1.29, 1.82) is 0 Å². The van der Waals surface area contributed by atoms with E-state index < -0.39 is 0 Å². The molecule has 4 aliphatic rings. The van der Waals surface area contributed by atoms with Gasteiger partial charge in [-0.25, -0.2) is 0 Å². The smallest absolute Gasteiger partial charge is 0.144 e. The molecule has 0 saturated carbocycles. The Hall–Kier alpha value is -8.60. The molecular weight excluding hydrogens is 1260 g/mol. The molecule has 0 saturated heterocycles. The normalized spacial score (nSPS) is 15.2. The van der Waals surface area contributed by atoms with Crippen molar-refractivity contribution < 1.29 is 13.3 Å². The van der Waals surface area contributed by atoms with Crippen molar-refractivity contribution in [3.63, 3.8) is 0 Å². The molecule has 0 atom stereocenters. The number of anilines is 3. The Morgan fingerprint density at radius 2 is 0.692 bits per heavy atom. The average Bonchev–Trinajstić information content (AvgIpc) is 1.51. The van der Waals surface area contributed by atoms with Crippen molar-refractivity contribution in [2.75, 3.05) is 4.90 Å². The van der Waals surface area contributed by atoms with Crippen LogP contribution in [0.25, 0.3) is 110 Å². The van der Waals surface area contributed by atoms with E-state index in [1.165, 1.54) is 266 Å². The summed E-state index contributed by atoms with van der Waals surface area (Å²) >= 11 is 0. The van der Waals surface area contributed by atoms with E-state index in [4.69, 9.17) is 13.3 Å². The number of nitrogens with zero attached hydrogens (tertiary/aromatic N) is 1. The summed E-state index contributed by atoms with van der Waals surface area (Å²) < 4.78 is 21.0. The van der Waals surface area contributed by atoms with Crippen molar-refractivity contribution >= 4 is 82.9 Å². The Labute approximate surface area is 619 Å². The fraction of sp³-hybridized carbons (Fsp3) is 0.400. The molecule has 10 aromatic carbocycles. The van der Waals surface area contributed by atoms with Crippen LogP contribution in [0, 0.1) is 0 Å². The first-order valence-corrected chi connectivity index (χ1v) is 41.2. The fourth-order valence-corrected chi connectivity index (χ4v) is 21.0. The lowest BCUT2D eigenvalue weighted by atomic mass is 9.68. The minimum Gasteiger partial charge on any atom is -0.456 e. The van der Waals surface area contributed by atoms with Crippen LogP contribution >= 0.6 is 0 Å². The van der Waals surface area contributed by atoms with Crippen LogP contribution in [-0.4, -0.2) is 0 Å². The number of rotatable bonds is 31. The summed E-state index contributed by atoms with van der Waals surface area (Å²) in [6.45, 7) is 19.4. The van der Waals surface area contributed by atoms with Gasteiger partial charge in [0, 0.05) is 82.7 Å². The zero-order chi connectivity index (χ0) is 70.9. The molecule has 0 spiro atoms. The zero-order valence-corrected chi connectivity index (χ0v) is 63.7. The van der Waals surface area contributed by atoms with Crippen molar-refractivity contribution in [3.8, 4) is 44.5 Å². The summed E-state index contributed by atoms with van der Waals surface area (Å²) in [6.07, 6.45) is 35.3. The van der Waals surface area contributed by atoms with Gasteiger partial charge in [-0.3, -0.25) is 0 Å². The van der Waals surface area contributed by atoms with Gasteiger partial charge in [0.15, 0.2) is 0 Å². The highest BCUT2D eigenvalue weighted by Crippen LogP contribution is 2.66. The fourth-order valence-electron chi connectivity index (χ4n) is 21.0. The molecule has 0 N–H and O–H groups in total. The van der Waals surface area contributed by atoms with E-state index in [-0.39, 0.29) is 21.7 Å². The summed E-state index contributed by atoms with van der Waals surface area (Å²) in [4.78, 5) is 2.62. The monoisotopic (exact) mass is 1370 g/mol. The Morgan fingerprint density at radius 1 is 0.269 bits per heavy atom. The van der Waals surface area contributed by atoms with Crippen molar-refractivity contribution in [2.45, 2.75) is 257 Å². The van der Waals surface area contributed by atoms with Gasteiger partial charge in [0.1, 0.15) is 33.5 Å². The van der Waals surface area contributed by atoms with E-state index in [1.54, 1.807) is 16.7 Å². The summed E-state index contributed by atoms with van der Waals surface area (Å²) in [5, 5.41) is 7.28. The number of hydrogen-bond acceptors (Lipinski definition) is 4. The minimum absolute atomic E-state index is 0.116. The maximum atomic E-state index is 7.18. The first-order valence-electron chi connectivity index (χ1n) is 41.2. The van der Waals surface area contributed by atoms with Crippen LogP contribution in [0.1, 0.15) is 280 Å². The number of fused-ring (bicyclic) bond motifs is 25. The largest absolute Gasteiger partial charge is 0.456 e. The molecule has 4 aliphatic carbocycles. The molecule has 0 bridgehead atoms. The second-order valence-corrected chi connectivity index (χ2v) is 33.3. The molecule has 4 heteroatoms. The van der Waals surface area contributed by atoms with E-state index in [0.717, 1.165) is 68.5 Å². The summed E-state index contributed by atoms with van der Waals surface area (Å²) in [5.41, 5.74) is 31.1. The van der Waals surface area contributed by atoms with Gasteiger partial charge in [-0.2, -0.15) is 0 Å². The molecule has 0 unspecified atom stereocenters. The molecule has 104 heavy (non-hydrogen) atoms. The van der Waals surface area contributed by atoms with Gasteiger partial charge < -0.3 is 18.2 Å². The molecule has 0 aliphatic heterocycles. The third-order valence-corrected chi connectivity index (χ3v) is 26.2. The van der Waals surface area contributed by atoms with Gasteiger partial charge >= 0.3 is 0 Å². The van der Waals surface area contributed by atoms with E-state index >= 15 is 0 Å². The molecule has 0 radical (unpaired) electrons. The minimum atomic E-state index is -0.374. The van der Waals surface area contributed by atoms with E-state index in [1.807, 2.05) is 0 Å². The number of hydrogen-bond donors (Lipinski definition) is 0. The molecule has 17 rings (SSSR count). The van der Waals surface area contributed by atoms with Crippen LogP contribution in [0.5, 0.6) is 0 Å². The van der Waals surface area contributed by atoms with E-state index in [0.29, 0.717) is 0 Å². The van der Waals surface area contributed by atoms with Crippen LogP contribution in [0.2, 0.25) is 0 Å². The first kappa shape index (κ1) is 68.5. The van der Waals surface area contributed by atoms with Crippen molar-refractivity contribution in [1.82, 2.24) is 0 Å². The Bertz CT molecular complexity index is 5350. The second-order valence-electron chi connectivity index (χ2n) is 33.3. The van der Waals surface area contributed by atoms with Gasteiger partial charge in [-0.1, -0.05) is 307 Å². The molecule has 4 nitrogen and oxygen atoms in total. The Kier molecular flexibility index (Phi) is 18.5. The maximum Gasteiger partial charge on any atom is 0.144 e. The quantitative estimate of drug-likeness (QED) is 0.0406. The third kappa shape index (κ3) is 11.2. The van der Waals surface area contributed by atoms with Gasteiger partial charge in [0.2, 0.25) is 0 Å². The van der Waals surface area contributed by atoms with Crippen molar-refractivity contribution in [3.05, 3.63) is 220 Å². The molecule has 0 amide bonds. The van der Waals surface area contributed by atoms with Crippen LogP contribution in [0.3, 0.4) is 0 Å². The highest BCUT2D eigenvalue weighted by Gasteiger charge is 2.51. The molecule has 13 aromatic rings. The van der Waals surface area contributed by atoms with Crippen molar-refractivity contribution in [2.24, 2.45) is 0 Å². The average molecular weight is 1370 g/mol. The Morgan fingerprint density at radius 3 is 1.32 bits per heavy atom. The maximum absolute atomic E-state index is 7.18. The molecule has 3 heterocycles. The lowest BCUT2D eigenvalue weighted by molar-refractivity contribution is 0.394.